The van der Waals surface area contributed by atoms with Gasteiger partial charge in [0.25, 0.3) is 0 Å². The van der Waals surface area contributed by atoms with E-state index in [-0.39, 0.29) is 93.5 Å². The van der Waals surface area contributed by atoms with E-state index < -0.39 is 0 Å². The molecule has 0 heterocycles. The molecule has 1 nitrogen and oxygen atoms in total. The smallest absolute Gasteiger partial charge is 1.00 e. The van der Waals surface area contributed by atoms with Gasteiger partial charge in [-0.3, -0.25) is 0 Å². The number of rotatable bonds is 0. The van der Waals surface area contributed by atoms with Crippen LogP contribution < -0.4 is 18.9 Å². The average Bonchev–Trinajstić information content (AvgIpc) is 0. The van der Waals surface area contributed by atoms with Crippen molar-refractivity contribution in [3.63, 3.8) is 0 Å². The van der Waals surface area contributed by atoms with E-state index in [0.29, 0.717) is 0 Å². The zero-order chi connectivity index (χ0) is 0. The molecule has 0 aliphatic heterocycles. The topological polar surface area (TPSA) is 31.5 Å². The molecule has 6 heavy (non-hydrogen) atoms. The number of hydrogen-bond donors (Lipinski definition) is 0. The fraction of sp³-hybridized carbons (Fsp3) is 0. The second-order valence-corrected chi connectivity index (χ2v) is 0. The van der Waals surface area contributed by atoms with Gasteiger partial charge in [0.2, 0.25) is 0 Å². The summed E-state index contributed by atoms with van der Waals surface area (Å²) in [6, 6.07) is 0. The van der Waals surface area contributed by atoms with E-state index in [1.165, 1.54) is 0 Å². The van der Waals surface area contributed by atoms with Crippen molar-refractivity contribution in [3.05, 3.63) is 0 Å². The third-order valence-electron chi connectivity index (χ3n) is 0. The van der Waals surface area contributed by atoms with Crippen LogP contribution in [0, 0.1) is 0 Å². The summed E-state index contributed by atoms with van der Waals surface area (Å²) in [6.07, 6.45) is 0. The van der Waals surface area contributed by atoms with E-state index in [2.05, 4.69) is 0 Å². The largest absolute Gasteiger partial charge is 1.00 e. The zero-order valence-electron chi connectivity index (χ0n) is 3.53. The molecule has 0 aliphatic carbocycles. The van der Waals surface area contributed by atoms with Crippen molar-refractivity contribution in [2.45, 2.75) is 0 Å². The SMILES string of the molecule is O.[AlH3].[Co].[H-].[Li+].[Mn].[Ni]. The molecule has 0 unspecified atom stereocenters. The predicted molar refractivity (Wildman–Crippen MR) is 14.7 cm³/mol. The van der Waals surface area contributed by atoms with Crippen molar-refractivity contribution in [1.82, 2.24) is 0 Å². The van der Waals surface area contributed by atoms with Gasteiger partial charge >= 0.3 is 18.9 Å². The standard InChI is InChI=1S/Al.Co.Li.Mn.Ni.H2O.4H/h;;;;;1H2;;;;/q;;+1;;;;;;;-1. The zero-order valence-corrected chi connectivity index (χ0v) is 5.74. The van der Waals surface area contributed by atoms with Crippen LogP contribution in [0.15, 0.2) is 0 Å². The van der Waals surface area contributed by atoms with E-state index >= 15 is 0 Å². The van der Waals surface area contributed by atoms with E-state index in [1.54, 1.807) is 0 Å². The van der Waals surface area contributed by atoms with Crippen LogP contribution >= 0.6 is 0 Å². The first-order chi connectivity index (χ1) is 0. The van der Waals surface area contributed by atoms with Crippen molar-refractivity contribution >= 4 is 17.4 Å². The molecule has 0 amide bonds. The van der Waals surface area contributed by atoms with Gasteiger partial charge in [-0.15, -0.1) is 0 Å². The first-order valence-electron chi connectivity index (χ1n) is 0. The Bertz CT molecular complexity index is 19.7. The van der Waals surface area contributed by atoms with Crippen LogP contribution in [-0.2, 0) is 50.3 Å². The van der Waals surface area contributed by atoms with Crippen molar-refractivity contribution in [2.75, 3.05) is 0 Å². The Hall–Kier alpha value is 2.61. The van der Waals surface area contributed by atoms with Crippen molar-refractivity contribution in [1.29, 1.82) is 0 Å². The van der Waals surface area contributed by atoms with Crippen LogP contribution in [0.3, 0.4) is 0 Å². The van der Waals surface area contributed by atoms with Gasteiger partial charge in [-0.2, -0.15) is 0 Å². The van der Waals surface area contributed by atoms with Gasteiger partial charge in [-0.05, 0) is 0 Å². The Kier molecular flexibility index (Phi) is 596. The third-order valence-corrected chi connectivity index (χ3v) is 0. The Morgan fingerprint density at radius 2 is 1.17 bits per heavy atom. The van der Waals surface area contributed by atoms with Crippen molar-refractivity contribution < 1.29 is 76.1 Å². The van der Waals surface area contributed by atoms with Crippen LogP contribution in [0.5, 0.6) is 0 Å². The molecule has 6 heteroatoms. The first kappa shape index (κ1) is 73.2. The van der Waals surface area contributed by atoms with E-state index in [0.717, 1.165) is 0 Å². The van der Waals surface area contributed by atoms with Crippen LogP contribution in [0.4, 0.5) is 0 Å². The molecule has 0 spiro atoms. The monoisotopic (exact) mass is 228 g/mol. The summed E-state index contributed by atoms with van der Waals surface area (Å²) in [5.41, 5.74) is 0. The Balaban J connectivity index is 0. The second-order valence-electron chi connectivity index (χ2n) is 0. The molecule has 0 saturated heterocycles. The van der Waals surface area contributed by atoms with E-state index in [1.807, 2.05) is 0 Å². The maximum Gasteiger partial charge on any atom is 1.00 e. The van der Waals surface area contributed by atoms with Gasteiger partial charge in [0.15, 0.2) is 17.4 Å². The van der Waals surface area contributed by atoms with Crippen LogP contribution in [0.25, 0.3) is 0 Å². The summed E-state index contributed by atoms with van der Waals surface area (Å²) in [4.78, 5) is 0. The van der Waals surface area contributed by atoms with Crippen LogP contribution in [0.2, 0.25) is 0 Å². The molecule has 2 radical (unpaired) electrons. The third kappa shape index (κ3) is 30.5. The van der Waals surface area contributed by atoms with Crippen LogP contribution in [0.1, 0.15) is 1.43 Å². The fourth-order valence-electron chi connectivity index (χ4n) is 0. The Morgan fingerprint density at radius 1 is 1.17 bits per heavy atom. The second kappa shape index (κ2) is 48.8. The maximum atomic E-state index is 0. The molecule has 0 rings (SSSR count). The van der Waals surface area contributed by atoms with Crippen molar-refractivity contribution in [3.8, 4) is 0 Å². The molecule has 0 aromatic heterocycles. The first-order valence-corrected chi connectivity index (χ1v) is 0. The summed E-state index contributed by atoms with van der Waals surface area (Å²) < 4.78 is 0. The number of hydrogen-bond acceptors (Lipinski definition) is 0. The minimum atomic E-state index is 0. The minimum Gasteiger partial charge on any atom is -1.00 e. The molecule has 0 bridgehead atoms. The Morgan fingerprint density at radius 3 is 1.17 bits per heavy atom. The normalized spacial score (nSPS) is 0. The molecule has 0 aromatic rings. The van der Waals surface area contributed by atoms with E-state index in [4.69, 9.17) is 0 Å². The quantitative estimate of drug-likeness (QED) is 0.373. The molecule has 0 aliphatic rings. The van der Waals surface area contributed by atoms with Gasteiger partial charge in [-0.1, -0.05) is 0 Å². The van der Waals surface area contributed by atoms with Gasteiger partial charge in [0, 0.05) is 50.3 Å². The average molecular weight is 229 g/mol. The van der Waals surface area contributed by atoms with Gasteiger partial charge < -0.3 is 6.90 Å². The molecule has 2 N–H and O–H groups in total. The molecule has 0 fully saturated rings. The van der Waals surface area contributed by atoms with Gasteiger partial charge in [0.05, 0.1) is 0 Å². The summed E-state index contributed by atoms with van der Waals surface area (Å²) in [6.45, 7) is 0. The summed E-state index contributed by atoms with van der Waals surface area (Å²) in [5.74, 6) is 0. The predicted octanol–water partition coefficient (Wildman–Crippen LogP) is -4.90. The molecule has 0 saturated carbocycles. The Labute approximate surface area is 92.5 Å². The molecular weight excluding hydrogens is 222 g/mol. The molecular formula is H6AlCoLiMnNiO. The van der Waals surface area contributed by atoms with Crippen LogP contribution in [-0.4, -0.2) is 22.8 Å². The molecule has 42 valence electrons. The summed E-state index contributed by atoms with van der Waals surface area (Å²) in [7, 11) is 0. The van der Waals surface area contributed by atoms with E-state index in [9.17, 15) is 0 Å². The molecule has 0 aromatic carbocycles. The van der Waals surface area contributed by atoms with Crippen molar-refractivity contribution in [2.24, 2.45) is 0 Å². The minimum absolute atomic E-state index is 0. The maximum absolute atomic E-state index is 0. The molecule has 0 atom stereocenters. The fourth-order valence-corrected chi connectivity index (χ4v) is 0. The van der Waals surface area contributed by atoms with Gasteiger partial charge in [-0.25, -0.2) is 0 Å². The summed E-state index contributed by atoms with van der Waals surface area (Å²) in [5, 5.41) is 0. The summed E-state index contributed by atoms with van der Waals surface area (Å²) >= 11 is 0. The van der Waals surface area contributed by atoms with Gasteiger partial charge in [0.1, 0.15) is 0 Å².